The molecule has 4 N–H and O–H groups in total. The lowest BCUT2D eigenvalue weighted by Gasteiger charge is -2.67. The highest BCUT2D eigenvalue weighted by atomic mass is 19.4. The summed E-state index contributed by atoms with van der Waals surface area (Å²) in [5.41, 5.74) is 4.10. The Hall–Kier alpha value is -2.51. The van der Waals surface area contributed by atoms with Gasteiger partial charge in [0, 0.05) is 31.3 Å². The van der Waals surface area contributed by atoms with E-state index in [1.807, 2.05) is 0 Å². The van der Waals surface area contributed by atoms with Crippen molar-refractivity contribution in [2.75, 3.05) is 13.7 Å². The van der Waals surface area contributed by atoms with Crippen LogP contribution in [0.15, 0.2) is 12.2 Å². The summed E-state index contributed by atoms with van der Waals surface area (Å²) in [5.74, 6) is -5.04. The smallest absolute Gasteiger partial charge is 0.475 e. The number of ether oxygens (including phenoxy) is 3. The molecule has 0 unspecified atom stereocenters. The number of esters is 2. The van der Waals surface area contributed by atoms with Gasteiger partial charge in [-0.05, 0) is 49.5 Å². The molecule has 0 aromatic carbocycles. The minimum atomic E-state index is -5.08. The maximum Gasteiger partial charge on any atom is 0.490 e. The molecular formula is C28H40F3NO9. The summed E-state index contributed by atoms with van der Waals surface area (Å²) in [6.07, 6.45) is -4.01. The first kappa shape index (κ1) is 33.0. The summed E-state index contributed by atoms with van der Waals surface area (Å²) in [6.45, 7) is 11.5. The SMILES string of the molecule is C=C1C(=O)[C@]23[C@H](OC(=O)[C@H](C)N)[C@H]1C[C@H](O)[C@H]2[C@]1(COC(C)=O)CCCC(C)(C)[C@H]1C[C@H]3OC.O=C(O)C(F)(F)F. The Morgan fingerprint density at radius 2 is 1.78 bits per heavy atom. The number of hydrogen-bond acceptors (Lipinski definition) is 9. The molecule has 9 atom stereocenters. The van der Waals surface area contributed by atoms with Gasteiger partial charge in [0.05, 0.1) is 18.8 Å². The predicted octanol–water partition coefficient (Wildman–Crippen LogP) is 2.80. The summed E-state index contributed by atoms with van der Waals surface area (Å²) in [5, 5.41) is 18.8. The van der Waals surface area contributed by atoms with Gasteiger partial charge in [-0.3, -0.25) is 14.4 Å². The molecule has 2 bridgehead atoms. The van der Waals surface area contributed by atoms with Gasteiger partial charge in [0.25, 0.3) is 0 Å². The molecule has 0 aliphatic heterocycles. The van der Waals surface area contributed by atoms with Crippen molar-refractivity contribution in [3.63, 3.8) is 0 Å². The third-order valence-corrected chi connectivity index (χ3v) is 9.75. The van der Waals surface area contributed by atoms with Crippen molar-refractivity contribution in [3.8, 4) is 0 Å². The van der Waals surface area contributed by atoms with Crippen LogP contribution in [-0.2, 0) is 33.4 Å². The van der Waals surface area contributed by atoms with E-state index in [2.05, 4.69) is 20.4 Å². The second kappa shape index (κ2) is 11.3. The number of carboxylic acids is 1. The first-order valence-electron chi connectivity index (χ1n) is 13.6. The maximum atomic E-state index is 14.1. The van der Waals surface area contributed by atoms with Gasteiger partial charge in [-0.2, -0.15) is 13.2 Å². The second-order valence-corrected chi connectivity index (χ2v) is 12.5. The molecule has 4 saturated carbocycles. The number of nitrogens with two attached hydrogens (primary N) is 1. The van der Waals surface area contributed by atoms with Gasteiger partial charge >= 0.3 is 24.1 Å². The molecule has 41 heavy (non-hydrogen) atoms. The first-order chi connectivity index (χ1) is 18.8. The van der Waals surface area contributed by atoms with Crippen molar-refractivity contribution >= 4 is 23.7 Å². The number of Topliss-reactive ketones (excluding diaryl/α,β-unsaturated/α-hetero) is 1. The number of carbonyl (C=O) groups is 4. The topological polar surface area (TPSA) is 162 Å². The van der Waals surface area contributed by atoms with Crippen molar-refractivity contribution in [1.29, 1.82) is 0 Å². The van der Waals surface area contributed by atoms with E-state index < -0.39 is 71.1 Å². The van der Waals surface area contributed by atoms with Crippen LogP contribution in [0.5, 0.6) is 0 Å². The van der Waals surface area contributed by atoms with Crippen LogP contribution in [-0.4, -0.2) is 78.2 Å². The van der Waals surface area contributed by atoms with E-state index >= 15 is 0 Å². The van der Waals surface area contributed by atoms with Crippen molar-refractivity contribution in [3.05, 3.63) is 12.2 Å². The number of aliphatic carboxylic acids is 1. The highest BCUT2D eigenvalue weighted by Gasteiger charge is 2.78. The highest BCUT2D eigenvalue weighted by Crippen LogP contribution is 2.72. The van der Waals surface area contributed by atoms with E-state index in [1.54, 1.807) is 14.0 Å². The van der Waals surface area contributed by atoms with E-state index in [0.717, 1.165) is 12.8 Å². The van der Waals surface area contributed by atoms with E-state index in [1.165, 1.54) is 6.92 Å². The number of aliphatic hydroxyl groups excluding tert-OH is 1. The molecule has 13 heteroatoms. The van der Waals surface area contributed by atoms with Crippen molar-refractivity contribution < 1.29 is 56.8 Å². The van der Waals surface area contributed by atoms with E-state index in [-0.39, 0.29) is 30.1 Å². The van der Waals surface area contributed by atoms with Crippen LogP contribution in [0.3, 0.4) is 0 Å². The molecule has 0 amide bonds. The van der Waals surface area contributed by atoms with E-state index in [9.17, 15) is 32.7 Å². The lowest BCUT2D eigenvalue weighted by molar-refractivity contribution is -0.272. The molecule has 0 heterocycles. The van der Waals surface area contributed by atoms with E-state index in [4.69, 9.17) is 29.8 Å². The molecule has 232 valence electrons. The van der Waals surface area contributed by atoms with Crippen LogP contribution >= 0.6 is 0 Å². The summed E-state index contributed by atoms with van der Waals surface area (Å²) in [6, 6.07) is -0.856. The molecule has 1 spiro atoms. The molecular weight excluding hydrogens is 551 g/mol. The van der Waals surface area contributed by atoms with Gasteiger partial charge in [-0.25, -0.2) is 4.79 Å². The Labute approximate surface area is 236 Å². The third-order valence-electron chi connectivity index (χ3n) is 9.75. The van der Waals surface area contributed by atoms with Gasteiger partial charge < -0.3 is 30.2 Å². The first-order valence-corrected chi connectivity index (χ1v) is 13.6. The Kier molecular flexibility index (Phi) is 9.09. The average molecular weight is 592 g/mol. The fourth-order valence-corrected chi connectivity index (χ4v) is 8.32. The predicted molar refractivity (Wildman–Crippen MR) is 137 cm³/mol. The number of rotatable bonds is 5. The molecule has 0 radical (unpaired) electrons. The molecule has 0 saturated heterocycles. The Bertz CT molecular complexity index is 1090. The molecule has 4 aliphatic rings. The number of fused-ring (bicyclic) bond motifs is 3. The second-order valence-electron chi connectivity index (χ2n) is 12.5. The number of halogens is 3. The summed E-state index contributed by atoms with van der Waals surface area (Å²) >= 11 is 0. The molecule has 0 aromatic heterocycles. The lowest BCUT2D eigenvalue weighted by atomic mass is 9.39. The van der Waals surface area contributed by atoms with Crippen molar-refractivity contribution in [2.45, 2.75) is 90.3 Å². The summed E-state index contributed by atoms with van der Waals surface area (Å²) in [4.78, 5) is 47.7. The van der Waals surface area contributed by atoms with Gasteiger partial charge in [0.2, 0.25) is 0 Å². The van der Waals surface area contributed by atoms with Crippen LogP contribution in [0.1, 0.15) is 59.8 Å². The number of methoxy groups -OCH3 is 1. The standard InChI is InChI=1S/C26H39NO7.C2HF3O2/c1-13-16-10-17(29)20-25(12-33-15(3)28)9-7-8-24(4,5)18(25)11-19(32-6)26(20,21(13)30)22(16)34-23(31)14(2)27;3-2(4,5)1(6)7/h14,16-20,22,29H,1,7-12,27H2,2-6H3;(H,6,7)/t14-,16-,17-,18+,19+,20-,22+,25-,26+;/m0./s1. The summed E-state index contributed by atoms with van der Waals surface area (Å²) < 4.78 is 49.4. The summed E-state index contributed by atoms with van der Waals surface area (Å²) in [7, 11) is 1.57. The lowest BCUT2D eigenvalue weighted by Crippen LogP contribution is -2.72. The average Bonchev–Trinajstić information content (AvgIpc) is 2.98. The highest BCUT2D eigenvalue weighted by molar-refractivity contribution is 6.05. The zero-order valence-corrected chi connectivity index (χ0v) is 24.0. The molecule has 10 nitrogen and oxygen atoms in total. The third kappa shape index (κ3) is 5.40. The van der Waals surface area contributed by atoms with Crippen LogP contribution in [0.4, 0.5) is 13.2 Å². The number of ketones is 1. The minimum Gasteiger partial charge on any atom is -0.475 e. The molecule has 4 fully saturated rings. The molecule has 0 aromatic rings. The van der Waals surface area contributed by atoms with Gasteiger partial charge in [-0.15, -0.1) is 0 Å². The van der Waals surface area contributed by atoms with Crippen LogP contribution in [0.2, 0.25) is 0 Å². The van der Waals surface area contributed by atoms with Gasteiger partial charge in [0.15, 0.2) is 5.78 Å². The number of hydrogen-bond donors (Lipinski definition) is 3. The maximum absolute atomic E-state index is 14.1. The fourth-order valence-electron chi connectivity index (χ4n) is 8.32. The zero-order valence-electron chi connectivity index (χ0n) is 24.0. The molecule has 4 aliphatic carbocycles. The monoisotopic (exact) mass is 591 g/mol. The number of carboxylic acid groups (broad SMARTS) is 1. The van der Waals surface area contributed by atoms with Crippen LogP contribution < -0.4 is 5.73 Å². The minimum absolute atomic E-state index is 0.0336. The normalized spacial score (nSPS) is 38.0. The van der Waals surface area contributed by atoms with Gasteiger partial charge in [-0.1, -0.05) is 26.8 Å². The largest absolute Gasteiger partial charge is 0.490 e. The van der Waals surface area contributed by atoms with Crippen molar-refractivity contribution in [2.24, 2.45) is 39.7 Å². The Morgan fingerprint density at radius 1 is 1.20 bits per heavy atom. The Morgan fingerprint density at radius 3 is 2.27 bits per heavy atom. The number of alkyl halides is 3. The van der Waals surface area contributed by atoms with Crippen LogP contribution in [0.25, 0.3) is 0 Å². The Balaban J connectivity index is 0.000000587. The number of carbonyl (C=O) groups excluding carboxylic acids is 3. The fraction of sp³-hybridized carbons (Fsp3) is 0.786. The van der Waals surface area contributed by atoms with Crippen molar-refractivity contribution in [1.82, 2.24) is 0 Å². The molecule has 4 rings (SSSR count). The van der Waals surface area contributed by atoms with Gasteiger partial charge in [0.1, 0.15) is 17.6 Å². The zero-order chi connectivity index (χ0) is 31.3. The van der Waals surface area contributed by atoms with Crippen LogP contribution in [0, 0.1) is 34.0 Å². The van der Waals surface area contributed by atoms with E-state index in [0.29, 0.717) is 18.4 Å². The quantitative estimate of drug-likeness (QED) is 0.320. The number of aliphatic hydroxyl groups is 1.